The number of hydrogen-bond donors (Lipinski definition) is 0. The molecule has 7 nitrogen and oxygen atoms in total. The van der Waals surface area contributed by atoms with Gasteiger partial charge in [-0.15, -0.1) is 0 Å². The van der Waals surface area contributed by atoms with Gasteiger partial charge in [-0.1, -0.05) is 6.07 Å². The summed E-state index contributed by atoms with van der Waals surface area (Å²) >= 11 is 0. The first-order valence-corrected chi connectivity index (χ1v) is 11.3. The Hall–Kier alpha value is -3.58. The van der Waals surface area contributed by atoms with E-state index in [4.69, 9.17) is 9.72 Å². The Kier molecular flexibility index (Phi) is 4.55. The molecule has 7 heteroatoms. The van der Waals surface area contributed by atoms with E-state index in [2.05, 4.69) is 4.98 Å². The predicted molar refractivity (Wildman–Crippen MR) is 126 cm³/mol. The van der Waals surface area contributed by atoms with Crippen LogP contribution in [-0.4, -0.2) is 50.6 Å². The lowest BCUT2D eigenvalue weighted by molar-refractivity contribution is -0.171. The van der Waals surface area contributed by atoms with Crippen molar-refractivity contribution in [1.29, 1.82) is 0 Å². The number of carbonyl (C=O) groups excluding carboxylic acids is 1. The molecule has 2 fully saturated rings. The van der Waals surface area contributed by atoms with Crippen molar-refractivity contribution in [3.8, 4) is 11.3 Å². The summed E-state index contributed by atoms with van der Waals surface area (Å²) in [7, 11) is 1.74. The van der Waals surface area contributed by atoms with Gasteiger partial charge in [0.2, 0.25) is 0 Å². The van der Waals surface area contributed by atoms with Gasteiger partial charge in [-0.05, 0) is 54.6 Å². The van der Waals surface area contributed by atoms with Crippen LogP contribution >= 0.6 is 0 Å². The average Bonchev–Trinajstić information content (AvgIpc) is 2.84. The molecule has 0 N–H and O–H groups in total. The van der Waals surface area contributed by atoms with Crippen LogP contribution in [0.15, 0.2) is 59.7 Å². The molecule has 4 heterocycles. The smallest absolute Gasteiger partial charge is 0.258 e. The molecule has 2 aromatic carbocycles. The van der Waals surface area contributed by atoms with E-state index < -0.39 is 0 Å². The van der Waals surface area contributed by atoms with E-state index >= 15 is 0 Å². The second-order valence-corrected chi connectivity index (χ2v) is 9.10. The number of rotatable bonds is 2. The number of hydrogen-bond acceptors (Lipinski definition) is 5. The third kappa shape index (κ3) is 3.40. The van der Waals surface area contributed by atoms with Crippen molar-refractivity contribution in [1.82, 2.24) is 19.4 Å². The maximum absolute atomic E-state index is 13.2. The van der Waals surface area contributed by atoms with Crippen molar-refractivity contribution in [2.24, 2.45) is 7.05 Å². The Morgan fingerprint density at radius 2 is 1.97 bits per heavy atom. The molecule has 2 aliphatic rings. The molecule has 6 rings (SSSR count). The van der Waals surface area contributed by atoms with Gasteiger partial charge >= 0.3 is 0 Å². The molecule has 1 unspecified atom stereocenters. The van der Waals surface area contributed by atoms with Crippen LogP contribution in [-0.2, 0) is 11.8 Å². The zero-order valence-corrected chi connectivity index (χ0v) is 18.5. The minimum Gasteiger partial charge on any atom is -0.373 e. The van der Waals surface area contributed by atoms with Crippen molar-refractivity contribution in [3.63, 3.8) is 0 Å². The number of benzene rings is 2. The first-order valence-electron chi connectivity index (χ1n) is 11.3. The third-order valence-electron chi connectivity index (χ3n) is 6.96. The van der Waals surface area contributed by atoms with Crippen LogP contribution < -0.4 is 5.56 Å². The van der Waals surface area contributed by atoms with Crippen LogP contribution in [0.4, 0.5) is 0 Å². The van der Waals surface area contributed by atoms with Gasteiger partial charge in [0.25, 0.3) is 11.5 Å². The minimum atomic E-state index is -0.130. The SMILES string of the molecule is Cn1ccc2cc(-c3cnc4ccc(C(=O)N5CCCC6(CCO6)C5)cc4n3)ccc2c1=O. The topological polar surface area (TPSA) is 77.3 Å². The fourth-order valence-electron chi connectivity index (χ4n) is 4.95. The number of carbonyl (C=O) groups is 1. The van der Waals surface area contributed by atoms with Crippen LogP contribution in [0, 0.1) is 0 Å². The summed E-state index contributed by atoms with van der Waals surface area (Å²) in [5.41, 5.74) is 3.45. The summed E-state index contributed by atoms with van der Waals surface area (Å²) < 4.78 is 7.38. The first kappa shape index (κ1) is 20.1. The summed E-state index contributed by atoms with van der Waals surface area (Å²) in [6, 6.07) is 13.1. The van der Waals surface area contributed by atoms with Gasteiger partial charge in [0.1, 0.15) is 0 Å². The van der Waals surface area contributed by atoms with Crippen molar-refractivity contribution in [3.05, 3.63) is 70.8 Å². The number of aromatic nitrogens is 3. The second kappa shape index (κ2) is 7.49. The van der Waals surface area contributed by atoms with Gasteiger partial charge in [0.05, 0.1) is 41.7 Å². The molecule has 1 amide bonds. The molecule has 0 saturated carbocycles. The Labute approximate surface area is 190 Å². The Morgan fingerprint density at radius 3 is 2.79 bits per heavy atom. The van der Waals surface area contributed by atoms with Crippen molar-refractivity contribution < 1.29 is 9.53 Å². The molecule has 1 spiro atoms. The first-order chi connectivity index (χ1) is 16.0. The maximum Gasteiger partial charge on any atom is 0.258 e. The standard InChI is InChI=1S/C26H24N4O3/c1-29-11-7-17-13-18(3-5-20(17)25(29)32)23-15-27-21-6-4-19(14-22(21)28-23)24(31)30-10-2-8-26(16-30)9-12-33-26/h3-7,11,13-15H,2,8-10,12,16H2,1H3. The van der Waals surface area contributed by atoms with Crippen LogP contribution in [0.3, 0.4) is 0 Å². The lowest BCUT2D eigenvalue weighted by Crippen LogP contribution is -2.57. The van der Waals surface area contributed by atoms with Crippen LogP contribution in [0.1, 0.15) is 29.6 Å². The number of ether oxygens (including phenoxy) is 1. The summed E-state index contributed by atoms with van der Waals surface area (Å²) in [5, 5.41) is 1.53. The normalized spacial score (nSPS) is 20.3. The zero-order chi connectivity index (χ0) is 22.6. The number of pyridine rings is 1. The van der Waals surface area contributed by atoms with Crippen molar-refractivity contribution >= 4 is 27.7 Å². The molecule has 2 saturated heterocycles. The fourth-order valence-corrected chi connectivity index (χ4v) is 4.95. The maximum atomic E-state index is 13.2. The lowest BCUT2D eigenvalue weighted by atomic mass is 9.85. The monoisotopic (exact) mass is 440 g/mol. The molecule has 0 bridgehead atoms. The number of piperidine rings is 1. The van der Waals surface area contributed by atoms with Crippen LogP contribution in [0.25, 0.3) is 33.1 Å². The number of fused-ring (bicyclic) bond motifs is 2. The highest BCUT2D eigenvalue weighted by atomic mass is 16.5. The predicted octanol–water partition coefficient (Wildman–Crippen LogP) is 3.54. The molecule has 2 aliphatic heterocycles. The molecule has 0 aliphatic carbocycles. The Balaban J connectivity index is 1.34. The largest absolute Gasteiger partial charge is 0.373 e. The Bertz CT molecular complexity index is 1470. The molecule has 4 aromatic rings. The fraction of sp³-hybridized carbons (Fsp3) is 0.308. The second-order valence-electron chi connectivity index (χ2n) is 9.10. The quantitative estimate of drug-likeness (QED) is 0.477. The summed E-state index contributed by atoms with van der Waals surface area (Å²) in [5.74, 6) is 0.0141. The molecular formula is C26H24N4O3. The van der Waals surface area contributed by atoms with E-state index in [1.54, 1.807) is 24.0 Å². The third-order valence-corrected chi connectivity index (χ3v) is 6.96. The van der Waals surface area contributed by atoms with E-state index in [1.807, 2.05) is 47.4 Å². The summed E-state index contributed by atoms with van der Waals surface area (Å²) in [4.78, 5) is 36.8. The summed E-state index contributed by atoms with van der Waals surface area (Å²) in [6.07, 6.45) is 6.52. The zero-order valence-electron chi connectivity index (χ0n) is 18.5. The van der Waals surface area contributed by atoms with Gasteiger partial charge in [-0.3, -0.25) is 14.6 Å². The Morgan fingerprint density at radius 1 is 1.09 bits per heavy atom. The highest BCUT2D eigenvalue weighted by Crippen LogP contribution is 2.36. The van der Waals surface area contributed by atoms with E-state index in [0.29, 0.717) is 28.7 Å². The van der Waals surface area contributed by atoms with E-state index in [0.717, 1.165) is 48.9 Å². The van der Waals surface area contributed by atoms with E-state index in [9.17, 15) is 9.59 Å². The summed E-state index contributed by atoms with van der Waals surface area (Å²) in [6.45, 7) is 2.20. The molecule has 1 atom stereocenters. The number of nitrogens with zero attached hydrogens (tertiary/aromatic N) is 4. The lowest BCUT2D eigenvalue weighted by Gasteiger charge is -2.48. The molecule has 2 aromatic heterocycles. The van der Waals surface area contributed by atoms with Gasteiger partial charge in [-0.25, -0.2) is 4.98 Å². The molecule has 166 valence electrons. The van der Waals surface area contributed by atoms with Gasteiger partial charge in [0, 0.05) is 42.7 Å². The molecule has 0 radical (unpaired) electrons. The van der Waals surface area contributed by atoms with E-state index in [-0.39, 0.29) is 17.1 Å². The van der Waals surface area contributed by atoms with Gasteiger partial charge < -0.3 is 14.2 Å². The average molecular weight is 441 g/mol. The van der Waals surface area contributed by atoms with E-state index in [1.165, 1.54) is 0 Å². The van der Waals surface area contributed by atoms with Gasteiger partial charge in [0.15, 0.2) is 0 Å². The highest BCUT2D eigenvalue weighted by Gasteiger charge is 2.43. The van der Waals surface area contributed by atoms with Crippen molar-refractivity contribution in [2.75, 3.05) is 19.7 Å². The number of amides is 1. The number of likely N-dealkylation sites (tertiary alicyclic amines) is 1. The number of aryl methyl sites for hydroxylation is 1. The van der Waals surface area contributed by atoms with Crippen LogP contribution in [0.2, 0.25) is 0 Å². The highest BCUT2D eigenvalue weighted by molar-refractivity contribution is 5.97. The van der Waals surface area contributed by atoms with Crippen LogP contribution in [0.5, 0.6) is 0 Å². The van der Waals surface area contributed by atoms with Crippen molar-refractivity contribution in [2.45, 2.75) is 24.9 Å². The minimum absolute atomic E-state index is 0.0141. The molecular weight excluding hydrogens is 416 g/mol. The molecule has 33 heavy (non-hydrogen) atoms. The van der Waals surface area contributed by atoms with Gasteiger partial charge in [-0.2, -0.15) is 0 Å².